The van der Waals surface area contributed by atoms with E-state index >= 15 is 0 Å². The summed E-state index contributed by atoms with van der Waals surface area (Å²) < 4.78 is 22.4. The summed E-state index contributed by atoms with van der Waals surface area (Å²) in [6.45, 7) is 4.24. The molecule has 2 aromatic carbocycles. The molecule has 7 heteroatoms. The quantitative estimate of drug-likeness (QED) is 0.524. The minimum atomic E-state index is -0.507. The van der Waals surface area contributed by atoms with Crippen LogP contribution in [0.15, 0.2) is 59.4 Å². The van der Waals surface area contributed by atoms with Crippen molar-refractivity contribution in [2.75, 3.05) is 0 Å². The van der Waals surface area contributed by atoms with E-state index in [1.165, 1.54) is 15.4 Å². The number of aryl methyl sites for hydroxylation is 3. The maximum atomic E-state index is 13.4. The molecule has 0 aliphatic carbocycles. The molecule has 0 aliphatic rings. The molecular formula is C22H21FN4O2. The number of aromatic nitrogens is 4. The van der Waals surface area contributed by atoms with Gasteiger partial charge in [-0.1, -0.05) is 18.2 Å². The lowest BCUT2D eigenvalue weighted by Crippen LogP contribution is -2.40. The lowest BCUT2D eigenvalue weighted by molar-refractivity contribution is 0.301. The average molecular weight is 392 g/mol. The van der Waals surface area contributed by atoms with Gasteiger partial charge in [-0.3, -0.25) is 0 Å². The van der Waals surface area contributed by atoms with Crippen LogP contribution in [0.1, 0.15) is 16.7 Å². The summed E-state index contributed by atoms with van der Waals surface area (Å²) in [6, 6.07) is 16.2. The molecular weight excluding hydrogens is 371 g/mol. The van der Waals surface area contributed by atoms with Gasteiger partial charge in [0.05, 0.1) is 11.4 Å². The highest BCUT2D eigenvalue weighted by molar-refractivity contribution is 5.61. The smallest absolute Gasteiger partial charge is 0.364 e. The van der Waals surface area contributed by atoms with E-state index in [-0.39, 0.29) is 5.69 Å². The standard InChI is InChI=1S/C22H21FN4O2/c1-14-6-4-8-19(27-22(28)26(3)25-27)17(14)13-29-20-11-10-16(12-15(20)2)18-7-5-9-21(23)24-18/h4-12,25H,13H2,1-3H3. The van der Waals surface area contributed by atoms with Gasteiger partial charge in [0.2, 0.25) is 5.95 Å². The molecule has 2 aromatic heterocycles. The van der Waals surface area contributed by atoms with Gasteiger partial charge in [-0.2, -0.15) is 9.07 Å². The Morgan fingerprint density at radius 2 is 1.86 bits per heavy atom. The third-order valence-electron chi connectivity index (χ3n) is 4.91. The van der Waals surface area contributed by atoms with Gasteiger partial charge in [0.25, 0.3) is 0 Å². The van der Waals surface area contributed by atoms with Crippen LogP contribution in [0.25, 0.3) is 16.9 Å². The Hall–Kier alpha value is -3.61. The summed E-state index contributed by atoms with van der Waals surface area (Å²) in [5.74, 6) is 0.215. The first-order chi connectivity index (χ1) is 13.9. The lowest BCUT2D eigenvalue weighted by atomic mass is 10.1. The van der Waals surface area contributed by atoms with Crippen molar-refractivity contribution in [3.05, 3.63) is 87.7 Å². The van der Waals surface area contributed by atoms with E-state index in [0.29, 0.717) is 12.3 Å². The second kappa shape index (κ2) is 7.43. The topological polar surface area (TPSA) is 64.8 Å². The number of hydrogen-bond acceptors (Lipinski definition) is 3. The molecule has 6 nitrogen and oxygen atoms in total. The van der Waals surface area contributed by atoms with Crippen LogP contribution >= 0.6 is 0 Å². The molecule has 0 radical (unpaired) electrons. The van der Waals surface area contributed by atoms with E-state index in [1.54, 1.807) is 19.2 Å². The van der Waals surface area contributed by atoms with Gasteiger partial charge in [0, 0.05) is 18.2 Å². The second-order valence-corrected chi connectivity index (χ2v) is 6.96. The summed E-state index contributed by atoms with van der Waals surface area (Å²) in [4.78, 5) is 16.0. The number of ether oxygens (including phenoxy) is 1. The maximum absolute atomic E-state index is 13.4. The predicted molar refractivity (Wildman–Crippen MR) is 109 cm³/mol. The van der Waals surface area contributed by atoms with Crippen molar-refractivity contribution < 1.29 is 9.13 Å². The summed E-state index contributed by atoms with van der Waals surface area (Å²) in [5, 5.41) is 2.94. The van der Waals surface area contributed by atoms with E-state index in [9.17, 15) is 9.18 Å². The fraction of sp³-hybridized carbons (Fsp3) is 0.182. The minimum absolute atomic E-state index is 0.125. The van der Waals surface area contributed by atoms with Crippen LogP contribution < -0.4 is 10.4 Å². The first-order valence-corrected chi connectivity index (χ1v) is 9.23. The Balaban J connectivity index is 1.59. The molecule has 0 bridgehead atoms. The molecule has 1 N–H and O–H groups in total. The predicted octanol–water partition coefficient (Wildman–Crippen LogP) is 3.90. The van der Waals surface area contributed by atoms with Crippen molar-refractivity contribution in [1.82, 2.24) is 19.6 Å². The Kier molecular flexibility index (Phi) is 4.80. The maximum Gasteiger partial charge on any atom is 0.364 e. The third-order valence-corrected chi connectivity index (χ3v) is 4.91. The largest absolute Gasteiger partial charge is 0.489 e. The number of hydrogen-bond donors (Lipinski definition) is 1. The zero-order chi connectivity index (χ0) is 20.5. The molecule has 4 rings (SSSR count). The van der Waals surface area contributed by atoms with Gasteiger partial charge in [-0.15, -0.1) is 0 Å². The lowest BCUT2D eigenvalue weighted by Gasteiger charge is -2.19. The Labute approximate surface area is 167 Å². The summed E-state index contributed by atoms with van der Waals surface area (Å²) in [6.07, 6.45) is 0. The molecule has 0 saturated carbocycles. The van der Waals surface area contributed by atoms with Gasteiger partial charge in [0.1, 0.15) is 12.4 Å². The molecule has 0 aliphatic heterocycles. The third kappa shape index (κ3) is 3.59. The van der Waals surface area contributed by atoms with Crippen molar-refractivity contribution in [2.24, 2.45) is 7.05 Å². The highest BCUT2D eigenvalue weighted by Crippen LogP contribution is 2.27. The molecule has 0 unspecified atom stereocenters. The van der Waals surface area contributed by atoms with Crippen LogP contribution in [0, 0.1) is 19.8 Å². The molecule has 2 heterocycles. The summed E-state index contributed by atoms with van der Waals surface area (Å²) in [5.41, 5.74) is 4.92. The summed E-state index contributed by atoms with van der Waals surface area (Å²) >= 11 is 0. The number of H-pyrrole nitrogens is 1. The van der Waals surface area contributed by atoms with Crippen molar-refractivity contribution in [3.63, 3.8) is 0 Å². The zero-order valence-corrected chi connectivity index (χ0v) is 16.4. The fourth-order valence-corrected chi connectivity index (χ4v) is 3.27. The number of nitrogens with one attached hydrogen (secondary N) is 1. The van der Waals surface area contributed by atoms with Crippen LogP contribution in [0.4, 0.5) is 4.39 Å². The van der Waals surface area contributed by atoms with E-state index in [0.717, 1.165) is 33.7 Å². The average Bonchev–Trinajstić information content (AvgIpc) is 2.71. The van der Waals surface area contributed by atoms with Crippen molar-refractivity contribution in [1.29, 1.82) is 0 Å². The van der Waals surface area contributed by atoms with Gasteiger partial charge in [-0.05, 0) is 61.4 Å². The van der Waals surface area contributed by atoms with Crippen LogP contribution in [0.5, 0.6) is 5.75 Å². The van der Waals surface area contributed by atoms with E-state index < -0.39 is 5.95 Å². The second-order valence-electron chi connectivity index (χ2n) is 6.96. The number of halogens is 1. The molecule has 4 aromatic rings. The number of pyridine rings is 1. The Morgan fingerprint density at radius 3 is 2.55 bits per heavy atom. The first-order valence-electron chi connectivity index (χ1n) is 9.23. The van der Waals surface area contributed by atoms with Crippen molar-refractivity contribution >= 4 is 0 Å². The minimum Gasteiger partial charge on any atom is -0.489 e. The van der Waals surface area contributed by atoms with Crippen molar-refractivity contribution in [3.8, 4) is 22.7 Å². The first kappa shape index (κ1) is 18.7. The van der Waals surface area contributed by atoms with Crippen LogP contribution in [0.2, 0.25) is 0 Å². The summed E-state index contributed by atoms with van der Waals surface area (Å²) in [7, 11) is 1.67. The highest BCUT2D eigenvalue weighted by Gasteiger charge is 2.14. The normalized spacial score (nSPS) is 11.0. The van der Waals surface area contributed by atoms with E-state index in [1.807, 2.05) is 50.2 Å². The Bertz CT molecular complexity index is 1240. The van der Waals surface area contributed by atoms with Crippen LogP contribution in [0.3, 0.4) is 0 Å². The SMILES string of the molecule is Cc1cc(-c2cccc(F)n2)ccc1OCc1c(C)cccc1-n1[nH]n(C)c1=O. The van der Waals surface area contributed by atoms with Gasteiger partial charge < -0.3 is 4.74 Å². The molecule has 0 fully saturated rings. The number of rotatable bonds is 5. The fourth-order valence-electron chi connectivity index (χ4n) is 3.27. The number of nitrogens with zero attached hydrogens (tertiary/aromatic N) is 3. The molecule has 29 heavy (non-hydrogen) atoms. The van der Waals surface area contributed by atoms with E-state index in [2.05, 4.69) is 10.2 Å². The molecule has 148 valence electrons. The van der Waals surface area contributed by atoms with Crippen LogP contribution in [-0.4, -0.2) is 19.6 Å². The van der Waals surface area contributed by atoms with Gasteiger partial charge in [0.15, 0.2) is 0 Å². The molecule has 0 amide bonds. The highest BCUT2D eigenvalue weighted by atomic mass is 19.1. The molecule has 0 atom stereocenters. The van der Waals surface area contributed by atoms with Gasteiger partial charge >= 0.3 is 5.69 Å². The zero-order valence-electron chi connectivity index (χ0n) is 16.4. The molecule has 0 spiro atoms. The Morgan fingerprint density at radius 1 is 1.07 bits per heavy atom. The van der Waals surface area contributed by atoms with Crippen LogP contribution in [-0.2, 0) is 13.7 Å². The monoisotopic (exact) mass is 392 g/mol. The number of benzene rings is 2. The van der Waals surface area contributed by atoms with E-state index in [4.69, 9.17) is 4.74 Å². The number of aromatic amines is 1. The van der Waals surface area contributed by atoms with Gasteiger partial charge in [-0.25, -0.2) is 19.7 Å². The van der Waals surface area contributed by atoms with Crippen molar-refractivity contribution in [2.45, 2.75) is 20.5 Å². The molecule has 0 saturated heterocycles.